The lowest BCUT2D eigenvalue weighted by Crippen LogP contribution is -2.31. The first-order chi connectivity index (χ1) is 10.1. The van der Waals surface area contributed by atoms with Crippen molar-refractivity contribution in [1.29, 1.82) is 0 Å². The Kier molecular flexibility index (Phi) is 5.11. The highest BCUT2D eigenvalue weighted by molar-refractivity contribution is 7.80. The average Bonchev–Trinajstić information content (AvgIpc) is 2.49. The smallest absolute Gasteiger partial charge is 0.172 e. The first kappa shape index (κ1) is 15.3. The standard InChI is InChI=1S/C16H19N3OS/c1-11-4-9-15(17-10-11)19-16(21)18-12(2)13-5-7-14(20-3)8-6-13/h4-10,12H,1-3H3,(H2,17,18,19,21)/t12-/m1/s1. The zero-order valence-electron chi connectivity index (χ0n) is 12.4. The van der Waals surface area contributed by atoms with Gasteiger partial charge in [-0.25, -0.2) is 4.98 Å². The van der Waals surface area contributed by atoms with Crippen LogP contribution < -0.4 is 15.4 Å². The molecule has 4 nitrogen and oxygen atoms in total. The zero-order chi connectivity index (χ0) is 15.2. The van der Waals surface area contributed by atoms with Crippen molar-refractivity contribution in [2.75, 3.05) is 12.4 Å². The van der Waals surface area contributed by atoms with E-state index in [1.165, 1.54) is 0 Å². The summed E-state index contributed by atoms with van der Waals surface area (Å²) in [4.78, 5) is 4.27. The molecule has 0 radical (unpaired) electrons. The number of methoxy groups -OCH3 is 1. The Bertz CT molecular complexity index is 596. The number of aryl methyl sites for hydroxylation is 1. The fourth-order valence-electron chi connectivity index (χ4n) is 1.87. The number of hydrogen-bond acceptors (Lipinski definition) is 3. The quantitative estimate of drug-likeness (QED) is 0.847. The molecule has 0 aliphatic heterocycles. The number of anilines is 1. The van der Waals surface area contributed by atoms with E-state index in [0.29, 0.717) is 5.11 Å². The minimum atomic E-state index is 0.0985. The van der Waals surface area contributed by atoms with Gasteiger partial charge in [0.1, 0.15) is 11.6 Å². The highest BCUT2D eigenvalue weighted by Crippen LogP contribution is 2.17. The van der Waals surface area contributed by atoms with Crippen molar-refractivity contribution in [3.63, 3.8) is 0 Å². The summed E-state index contributed by atoms with van der Waals surface area (Å²) >= 11 is 5.31. The summed E-state index contributed by atoms with van der Waals surface area (Å²) in [5.41, 5.74) is 2.25. The Morgan fingerprint density at radius 1 is 1.19 bits per heavy atom. The Morgan fingerprint density at radius 3 is 2.48 bits per heavy atom. The normalized spacial score (nSPS) is 11.6. The van der Waals surface area contributed by atoms with Crippen LogP contribution in [0.4, 0.5) is 5.82 Å². The highest BCUT2D eigenvalue weighted by atomic mass is 32.1. The van der Waals surface area contributed by atoms with Crippen LogP contribution in [-0.2, 0) is 0 Å². The highest BCUT2D eigenvalue weighted by Gasteiger charge is 2.07. The lowest BCUT2D eigenvalue weighted by molar-refractivity contribution is 0.414. The van der Waals surface area contributed by atoms with Crippen molar-refractivity contribution < 1.29 is 4.74 Å². The molecule has 0 unspecified atom stereocenters. The molecule has 0 aliphatic carbocycles. The van der Waals surface area contributed by atoms with Gasteiger partial charge >= 0.3 is 0 Å². The third-order valence-electron chi connectivity index (χ3n) is 3.12. The number of ether oxygens (including phenoxy) is 1. The van der Waals surface area contributed by atoms with Gasteiger partial charge in [0.2, 0.25) is 0 Å². The molecule has 110 valence electrons. The van der Waals surface area contributed by atoms with Crippen LogP contribution >= 0.6 is 12.2 Å². The summed E-state index contributed by atoms with van der Waals surface area (Å²) in [6.45, 7) is 4.05. The molecule has 0 fully saturated rings. The molecule has 0 bridgehead atoms. The molecule has 21 heavy (non-hydrogen) atoms. The summed E-state index contributed by atoms with van der Waals surface area (Å²) < 4.78 is 5.15. The van der Waals surface area contributed by atoms with Crippen LogP contribution in [0.15, 0.2) is 42.6 Å². The van der Waals surface area contributed by atoms with Gasteiger partial charge in [-0.05, 0) is 55.4 Å². The molecule has 0 aliphatic rings. The molecule has 5 heteroatoms. The van der Waals surface area contributed by atoms with Gasteiger partial charge in [-0.2, -0.15) is 0 Å². The predicted molar refractivity (Wildman–Crippen MR) is 89.7 cm³/mol. The Labute approximate surface area is 130 Å². The van der Waals surface area contributed by atoms with Crippen molar-refractivity contribution in [1.82, 2.24) is 10.3 Å². The summed E-state index contributed by atoms with van der Waals surface area (Å²) in [5, 5.41) is 6.86. The predicted octanol–water partition coefficient (Wildman–Crippen LogP) is 3.45. The van der Waals surface area contributed by atoms with Gasteiger partial charge in [0.15, 0.2) is 5.11 Å². The SMILES string of the molecule is COc1ccc([C@@H](C)NC(=S)Nc2ccc(C)cn2)cc1. The van der Waals surface area contributed by atoms with Crippen LogP contribution in [0.2, 0.25) is 0 Å². The largest absolute Gasteiger partial charge is 0.497 e. The lowest BCUT2D eigenvalue weighted by atomic mass is 10.1. The fourth-order valence-corrected chi connectivity index (χ4v) is 2.15. The summed E-state index contributed by atoms with van der Waals surface area (Å²) in [5.74, 6) is 1.58. The molecule has 1 heterocycles. The van der Waals surface area contributed by atoms with Gasteiger partial charge in [-0.3, -0.25) is 0 Å². The Hall–Kier alpha value is -2.14. The first-order valence-electron chi connectivity index (χ1n) is 6.72. The van der Waals surface area contributed by atoms with Crippen LogP contribution in [0.3, 0.4) is 0 Å². The molecular formula is C16H19N3OS. The molecule has 2 N–H and O–H groups in total. The van der Waals surface area contributed by atoms with E-state index in [-0.39, 0.29) is 6.04 Å². The van der Waals surface area contributed by atoms with Crippen molar-refractivity contribution in [2.45, 2.75) is 19.9 Å². The first-order valence-corrected chi connectivity index (χ1v) is 7.13. The molecule has 2 rings (SSSR count). The van der Waals surface area contributed by atoms with Crippen molar-refractivity contribution in [2.24, 2.45) is 0 Å². The molecule has 1 aromatic heterocycles. The van der Waals surface area contributed by atoms with E-state index in [1.807, 2.05) is 43.3 Å². The number of nitrogens with zero attached hydrogens (tertiary/aromatic N) is 1. The number of pyridine rings is 1. The third-order valence-corrected chi connectivity index (χ3v) is 3.34. The Balaban J connectivity index is 1.93. The molecule has 0 saturated carbocycles. The van der Waals surface area contributed by atoms with E-state index in [9.17, 15) is 0 Å². The van der Waals surface area contributed by atoms with E-state index in [1.54, 1.807) is 13.3 Å². The van der Waals surface area contributed by atoms with Gasteiger partial charge in [0.05, 0.1) is 13.2 Å². The van der Waals surface area contributed by atoms with Crippen LogP contribution in [0.25, 0.3) is 0 Å². The number of rotatable bonds is 4. The van der Waals surface area contributed by atoms with Gasteiger partial charge < -0.3 is 15.4 Å². The minimum Gasteiger partial charge on any atom is -0.497 e. The summed E-state index contributed by atoms with van der Waals surface area (Å²) in [6.07, 6.45) is 1.80. The minimum absolute atomic E-state index is 0.0985. The number of nitrogens with one attached hydrogen (secondary N) is 2. The number of benzene rings is 1. The van der Waals surface area contributed by atoms with E-state index < -0.39 is 0 Å². The maximum Gasteiger partial charge on any atom is 0.172 e. The van der Waals surface area contributed by atoms with E-state index in [4.69, 9.17) is 17.0 Å². The number of aromatic nitrogens is 1. The van der Waals surface area contributed by atoms with Crippen molar-refractivity contribution in [3.8, 4) is 5.75 Å². The third kappa shape index (κ3) is 4.43. The van der Waals surface area contributed by atoms with Crippen LogP contribution in [0, 0.1) is 6.92 Å². The van der Waals surface area contributed by atoms with Crippen LogP contribution in [-0.4, -0.2) is 17.2 Å². The van der Waals surface area contributed by atoms with Crippen molar-refractivity contribution in [3.05, 3.63) is 53.7 Å². The Morgan fingerprint density at radius 2 is 1.90 bits per heavy atom. The molecule has 2 aromatic rings. The second-order valence-corrected chi connectivity index (χ2v) is 5.22. The molecular weight excluding hydrogens is 282 g/mol. The van der Waals surface area contributed by atoms with Gasteiger partial charge in [0, 0.05) is 6.20 Å². The summed E-state index contributed by atoms with van der Waals surface area (Å²) in [7, 11) is 1.66. The monoisotopic (exact) mass is 301 g/mol. The lowest BCUT2D eigenvalue weighted by Gasteiger charge is -2.17. The second kappa shape index (κ2) is 7.04. The molecule has 1 aromatic carbocycles. The van der Waals surface area contributed by atoms with Crippen LogP contribution in [0.5, 0.6) is 5.75 Å². The van der Waals surface area contributed by atoms with E-state index in [0.717, 1.165) is 22.7 Å². The average molecular weight is 301 g/mol. The number of hydrogen-bond donors (Lipinski definition) is 2. The maximum atomic E-state index is 5.31. The van der Waals surface area contributed by atoms with E-state index >= 15 is 0 Å². The summed E-state index contributed by atoms with van der Waals surface area (Å²) in [6, 6.07) is 11.9. The van der Waals surface area contributed by atoms with Gasteiger partial charge in [-0.1, -0.05) is 18.2 Å². The number of thiocarbonyl (C=S) groups is 1. The van der Waals surface area contributed by atoms with Gasteiger partial charge in [0.25, 0.3) is 0 Å². The maximum absolute atomic E-state index is 5.31. The second-order valence-electron chi connectivity index (χ2n) is 4.81. The molecule has 0 saturated heterocycles. The molecule has 1 atom stereocenters. The van der Waals surface area contributed by atoms with Crippen LogP contribution in [0.1, 0.15) is 24.1 Å². The molecule has 0 spiro atoms. The topological polar surface area (TPSA) is 46.2 Å². The zero-order valence-corrected chi connectivity index (χ0v) is 13.2. The van der Waals surface area contributed by atoms with E-state index in [2.05, 4.69) is 22.5 Å². The van der Waals surface area contributed by atoms with Crippen molar-refractivity contribution >= 4 is 23.1 Å². The van der Waals surface area contributed by atoms with Gasteiger partial charge in [-0.15, -0.1) is 0 Å². The molecule has 0 amide bonds. The fraction of sp³-hybridized carbons (Fsp3) is 0.250.